The van der Waals surface area contributed by atoms with Gasteiger partial charge < -0.3 is 9.80 Å². The molecule has 1 fully saturated rings. The van der Waals surface area contributed by atoms with Gasteiger partial charge in [-0.25, -0.2) is 4.39 Å². The quantitative estimate of drug-likeness (QED) is 0.639. The molecule has 1 aromatic carbocycles. The molecule has 0 aliphatic carbocycles. The molecule has 1 amide bonds. The molecule has 0 spiro atoms. The Morgan fingerprint density at radius 1 is 1.22 bits per heavy atom. The second-order valence-corrected chi connectivity index (χ2v) is 6.09. The highest BCUT2D eigenvalue weighted by molar-refractivity contribution is 7.12. The van der Waals surface area contributed by atoms with E-state index in [9.17, 15) is 19.3 Å². The lowest BCUT2D eigenvalue weighted by Crippen LogP contribution is -2.48. The van der Waals surface area contributed by atoms with E-state index in [1.54, 1.807) is 15.9 Å². The van der Waals surface area contributed by atoms with Gasteiger partial charge in [0.1, 0.15) is 11.5 Å². The number of hydrogen-bond donors (Lipinski definition) is 0. The van der Waals surface area contributed by atoms with Gasteiger partial charge >= 0.3 is 0 Å². The number of thiophene rings is 1. The van der Waals surface area contributed by atoms with E-state index in [0.29, 0.717) is 31.1 Å². The Hall–Kier alpha value is -2.48. The molecule has 1 aromatic heterocycles. The van der Waals surface area contributed by atoms with Gasteiger partial charge in [0.2, 0.25) is 0 Å². The molecule has 0 saturated carbocycles. The number of nitro benzene ring substituents is 1. The van der Waals surface area contributed by atoms with Crippen molar-refractivity contribution in [3.63, 3.8) is 0 Å². The van der Waals surface area contributed by atoms with E-state index in [1.165, 1.54) is 23.5 Å². The van der Waals surface area contributed by atoms with Gasteiger partial charge in [-0.15, -0.1) is 11.3 Å². The van der Waals surface area contributed by atoms with Crippen molar-refractivity contribution in [2.24, 2.45) is 0 Å². The number of nitro groups is 1. The van der Waals surface area contributed by atoms with Crippen LogP contribution in [-0.2, 0) is 0 Å². The molecular weight excluding hydrogens is 321 g/mol. The van der Waals surface area contributed by atoms with Crippen LogP contribution in [0.5, 0.6) is 0 Å². The summed E-state index contributed by atoms with van der Waals surface area (Å²) in [5, 5.41) is 12.9. The van der Waals surface area contributed by atoms with Gasteiger partial charge in [-0.05, 0) is 17.5 Å². The van der Waals surface area contributed by atoms with Crippen molar-refractivity contribution in [2.75, 3.05) is 31.1 Å². The maximum absolute atomic E-state index is 13.4. The summed E-state index contributed by atoms with van der Waals surface area (Å²) in [6.45, 7) is 1.76. The van der Waals surface area contributed by atoms with E-state index in [4.69, 9.17) is 0 Å². The smallest absolute Gasteiger partial charge is 0.292 e. The van der Waals surface area contributed by atoms with Crippen LogP contribution in [-0.4, -0.2) is 41.9 Å². The molecule has 0 unspecified atom stereocenters. The van der Waals surface area contributed by atoms with Crippen LogP contribution in [0.15, 0.2) is 35.7 Å². The van der Waals surface area contributed by atoms with Gasteiger partial charge in [0.05, 0.1) is 9.80 Å². The second kappa shape index (κ2) is 6.33. The number of nitrogens with zero attached hydrogens (tertiary/aromatic N) is 3. The molecule has 0 atom stereocenters. The molecule has 1 aliphatic heterocycles. The molecule has 23 heavy (non-hydrogen) atoms. The Morgan fingerprint density at radius 2 is 1.96 bits per heavy atom. The third-order valence-electron chi connectivity index (χ3n) is 3.77. The van der Waals surface area contributed by atoms with E-state index in [0.717, 1.165) is 6.07 Å². The number of carbonyl (C=O) groups is 1. The zero-order valence-electron chi connectivity index (χ0n) is 12.1. The van der Waals surface area contributed by atoms with Crippen molar-refractivity contribution in [3.05, 3.63) is 56.5 Å². The van der Waals surface area contributed by atoms with Gasteiger partial charge in [-0.2, -0.15) is 0 Å². The van der Waals surface area contributed by atoms with Crippen LogP contribution in [0, 0.1) is 15.9 Å². The van der Waals surface area contributed by atoms with Gasteiger partial charge in [-0.3, -0.25) is 14.9 Å². The summed E-state index contributed by atoms with van der Waals surface area (Å²) in [4.78, 5) is 27.0. The number of rotatable bonds is 3. The first-order valence-corrected chi connectivity index (χ1v) is 7.96. The fraction of sp³-hybridized carbons (Fsp3) is 0.267. The van der Waals surface area contributed by atoms with Gasteiger partial charge in [0, 0.05) is 38.3 Å². The van der Waals surface area contributed by atoms with Crippen LogP contribution in [0.3, 0.4) is 0 Å². The molecule has 1 saturated heterocycles. The first kappa shape index (κ1) is 15.4. The average molecular weight is 335 g/mol. The number of halogens is 1. The second-order valence-electron chi connectivity index (χ2n) is 5.15. The first-order valence-electron chi connectivity index (χ1n) is 7.08. The number of benzene rings is 1. The van der Waals surface area contributed by atoms with Crippen LogP contribution in [0.2, 0.25) is 0 Å². The molecule has 0 N–H and O–H groups in total. The largest absolute Gasteiger partial charge is 0.362 e. The normalized spacial score (nSPS) is 14.8. The topological polar surface area (TPSA) is 66.7 Å². The average Bonchev–Trinajstić information content (AvgIpc) is 3.08. The summed E-state index contributed by atoms with van der Waals surface area (Å²) in [7, 11) is 0. The molecular formula is C15H14FN3O3S. The minimum atomic E-state index is -0.516. The van der Waals surface area contributed by atoms with Crippen molar-refractivity contribution >= 4 is 28.6 Å². The first-order chi connectivity index (χ1) is 11.1. The lowest BCUT2D eigenvalue weighted by Gasteiger charge is -2.35. The molecule has 2 heterocycles. The Kier molecular flexibility index (Phi) is 4.24. The number of hydrogen-bond acceptors (Lipinski definition) is 5. The van der Waals surface area contributed by atoms with Crippen LogP contribution in [0.25, 0.3) is 0 Å². The number of amides is 1. The van der Waals surface area contributed by atoms with E-state index in [2.05, 4.69) is 0 Å². The highest BCUT2D eigenvalue weighted by Crippen LogP contribution is 2.30. The maximum atomic E-state index is 13.4. The zero-order valence-corrected chi connectivity index (χ0v) is 13.0. The van der Waals surface area contributed by atoms with E-state index < -0.39 is 10.7 Å². The predicted molar refractivity (Wildman–Crippen MR) is 85.5 cm³/mol. The summed E-state index contributed by atoms with van der Waals surface area (Å²) >= 11 is 1.39. The van der Waals surface area contributed by atoms with Crippen molar-refractivity contribution < 1.29 is 14.1 Å². The summed E-state index contributed by atoms with van der Waals surface area (Å²) in [5.74, 6) is -0.545. The lowest BCUT2D eigenvalue weighted by atomic mass is 10.2. The molecule has 0 radical (unpaired) electrons. The minimum absolute atomic E-state index is 0.0339. The number of carbonyl (C=O) groups excluding carboxylic acids is 1. The monoisotopic (exact) mass is 335 g/mol. The SMILES string of the molecule is O=C(c1cccs1)N1CCN(c2cc(F)ccc2[N+](=O)[O-])CC1. The van der Waals surface area contributed by atoms with Gasteiger partial charge in [0.15, 0.2) is 0 Å². The zero-order chi connectivity index (χ0) is 16.4. The van der Waals surface area contributed by atoms with Crippen LogP contribution >= 0.6 is 11.3 Å². The highest BCUT2D eigenvalue weighted by Gasteiger charge is 2.26. The summed E-state index contributed by atoms with van der Waals surface area (Å²) in [6.07, 6.45) is 0. The van der Waals surface area contributed by atoms with Gasteiger partial charge in [0.25, 0.3) is 11.6 Å². The molecule has 1 aliphatic rings. The van der Waals surface area contributed by atoms with Crippen molar-refractivity contribution in [3.8, 4) is 0 Å². The summed E-state index contributed by atoms with van der Waals surface area (Å²) in [6, 6.07) is 7.03. The third kappa shape index (κ3) is 3.16. The van der Waals surface area contributed by atoms with E-state index in [-0.39, 0.29) is 17.3 Å². The molecule has 3 rings (SSSR count). The van der Waals surface area contributed by atoms with E-state index in [1.807, 2.05) is 11.4 Å². The maximum Gasteiger partial charge on any atom is 0.292 e. The fourth-order valence-corrected chi connectivity index (χ4v) is 3.30. The summed E-state index contributed by atoms with van der Waals surface area (Å²) < 4.78 is 13.4. The Labute approximate surface area is 135 Å². The third-order valence-corrected chi connectivity index (χ3v) is 4.63. The molecule has 2 aromatic rings. The predicted octanol–water partition coefficient (Wildman–Crippen LogP) is 2.76. The molecule has 6 nitrogen and oxygen atoms in total. The van der Waals surface area contributed by atoms with Crippen LogP contribution in [0.1, 0.15) is 9.67 Å². The fourth-order valence-electron chi connectivity index (χ4n) is 2.61. The Morgan fingerprint density at radius 3 is 2.57 bits per heavy atom. The lowest BCUT2D eigenvalue weighted by molar-refractivity contribution is -0.384. The Balaban J connectivity index is 1.73. The van der Waals surface area contributed by atoms with Crippen LogP contribution in [0.4, 0.5) is 15.8 Å². The molecule has 120 valence electrons. The van der Waals surface area contributed by atoms with Crippen molar-refractivity contribution in [2.45, 2.75) is 0 Å². The van der Waals surface area contributed by atoms with E-state index >= 15 is 0 Å². The highest BCUT2D eigenvalue weighted by atomic mass is 32.1. The Bertz CT molecular complexity index is 728. The number of piperazine rings is 1. The van der Waals surface area contributed by atoms with Crippen molar-refractivity contribution in [1.29, 1.82) is 0 Å². The number of anilines is 1. The summed E-state index contributed by atoms with van der Waals surface area (Å²) in [5.41, 5.74) is 0.141. The van der Waals surface area contributed by atoms with Crippen LogP contribution < -0.4 is 4.90 Å². The van der Waals surface area contributed by atoms with Gasteiger partial charge in [-0.1, -0.05) is 6.07 Å². The molecule has 8 heteroatoms. The standard InChI is InChI=1S/C15H14FN3O3S/c16-11-3-4-12(19(21)22)13(10-11)17-5-7-18(8-6-17)15(20)14-2-1-9-23-14/h1-4,9-10H,5-8H2. The van der Waals surface area contributed by atoms with Crippen molar-refractivity contribution in [1.82, 2.24) is 4.90 Å². The molecule has 0 bridgehead atoms. The minimum Gasteiger partial charge on any atom is -0.362 e.